The van der Waals surface area contributed by atoms with Crippen molar-refractivity contribution in [3.05, 3.63) is 35.6 Å². The summed E-state index contributed by atoms with van der Waals surface area (Å²) in [4.78, 5) is 27.8. The topological polar surface area (TPSA) is 73.8 Å². The molecule has 29 heavy (non-hydrogen) atoms. The highest BCUT2D eigenvalue weighted by atomic mass is 35.5. The maximum atomic E-state index is 12.7. The standard InChI is InChI=1S/C20H25ClN6O2/c1-29-17-5-4-15(21)12-16(17)24-20(28)27-10-8-26(9-11-27)19-13-18(22-14-23-19)25-6-2-3-7-25/h4-5,12-14H,2-3,6-11H2,1H3,(H,24,28). The van der Waals surface area contributed by atoms with Gasteiger partial charge in [0, 0.05) is 50.4 Å². The van der Waals surface area contributed by atoms with E-state index in [-0.39, 0.29) is 6.03 Å². The molecule has 0 radical (unpaired) electrons. The summed E-state index contributed by atoms with van der Waals surface area (Å²) in [5, 5.41) is 3.44. The molecule has 0 unspecified atom stereocenters. The fraction of sp³-hybridized carbons (Fsp3) is 0.450. The van der Waals surface area contributed by atoms with Crippen molar-refractivity contribution in [2.45, 2.75) is 12.8 Å². The molecule has 2 amide bonds. The van der Waals surface area contributed by atoms with Gasteiger partial charge in [-0.1, -0.05) is 11.6 Å². The molecular formula is C20H25ClN6O2. The zero-order valence-corrected chi connectivity index (χ0v) is 17.2. The molecule has 1 aromatic heterocycles. The second-order valence-corrected chi connectivity index (χ2v) is 7.61. The van der Waals surface area contributed by atoms with Crippen LogP contribution in [0.5, 0.6) is 5.75 Å². The van der Waals surface area contributed by atoms with Crippen molar-refractivity contribution in [3.8, 4) is 5.75 Å². The Morgan fingerprint density at radius 3 is 2.31 bits per heavy atom. The molecule has 0 spiro atoms. The van der Waals surface area contributed by atoms with Crippen molar-refractivity contribution in [2.24, 2.45) is 0 Å². The molecule has 8 nitrogen and oxygen atoms in total. The van der Waals surface area contributed by atoms with Crippen molar-refractivity contribution in [1.82, 2.24) is 14.9 Å². The van der Waals surface area contributed by atoms with Crippen LogP contribution in [0.2, 0.25) is 5.02 Å². The van der Waals surface area contributed by atoms with Gasteiger partial charge in [0.2, 0.25) is 0 Å². The van der Waals surface area contributed by atoms with Crippen LogP contribution < -0.4 is 19.9 Å². The van der Waals surface area contributed by atoms with Gasteiger partial charge in [0.25, 0.3) is 0 Å². The number of hydrogen-bond acceptors (Lipinski definition) is 6. The Morgan fingerprint density at radius 2 is 1.66 bits per heavy atom. The van der Waals surface area contributed by atoms with Crippen LogP contribution in [0.15, 0.2) is 30.6 Å². The van der Waals surface area contributed by atoms with E-state index < -0.39 is 0 Å². The van der Waals surface area contributed by atoms with E-state index in [0.29, 0.717) is 29.5 Å². The van der Waals surface area contributed by atoms with Gasteiger partial charge in [-0.15, -0.1) is 0 Å². The maximum absolute atomic E-state index is 12.7. The van der Waals surface area contributed by atoms with Gasteiger partial charge in [-0.05, 0) is 31.0 Å². The molecule has 3 heterocycles. The van der Waals surface area contributed by atoms with Crippen LogP contribution in [-0.2, 0) is 0 Å². The van der Waals surface area contributed by atoms with Gasteiger partial charge in [0.1, 0.15) is 23.7 Å². The van der Waals surface area contributed by atoms with Crippen LogP contribution >= 0.6 is 11.6 Å². The highest BCUT2D eigenvalue weighted by molar-refractivity contribution is 6.31. The van der Waals surface area contributed by atoms with Crippen LogP contribution in [0.4, 0.5) is 22.1 Å². The lowest BCUT2D eigenvalue weighted by molar-refractivity contribution is 0.208. The second kappa shape index (κ2) is 8.73. The van der Waals surface area contributed by atoms with Crippen LogP contribution in [0.3, 0.4) is 0 Å². The lowest BCUT2D eigenvalue weighted by atomic mass is 10.3. The van der Waals surface area contributed by atoms with Gasteiger partial charge in [-0.3, -0.25) is 0 Å². The van der Waals surface area contributed by atoms with Crippen molar-refractivity contribution >= 4 is 35.0 Å². The maximum Gasteiger partial charge on any atom is 0.322 e. The first-order valence-electron chi connectivity index (χ1n) is 9.85. The van der Waals surface area contributed by atoms with E-state index in [4.69, 9.17) is 16.3 Å². The molecule has 0 atom stereocenters. The number of piperazine rings is 1. The average Bonchev–Trinajstić information content (AvgIpc) is 3.29. The number of amides is 2. The zero-order chi connectivity index (χ0) is 20.2. The molecule has 2 fully saturated rings. The first-order chi connectivity index (χ1) is 14.1. The van der Waals surface area contributed by atoms with Crippen LogP contribution in [0, 0.1) is 0 Å². The average molecular weight is 417 g/mol. The minimum absolute atomic E-state index is 0.161. The van der Waals surface area contributed by atoms with Gasteiger partial charge in [-0.2, -0.15) is 0 Å². The number of methoxy groups -OCH3 is 1. The highest BCUT2D eigenvalue weighted by Crippen LogP contribution is 2.28. The summed E-state index contributed by atoms with van der Waals surface area (Å²) in [7, 11) is 1.57. The number of hydrogen-bond donors (Lipinski definition) is 1. The fourth-order valence-electron chi connectivity index (χ4n) is 3.74. The number of carbonyl (C=O) groups is 1. The molecule has 0 aliphatic carbocycles. The number of ether oxygens (including phenoxy) is 1. The lowest BCUT2D eigenvalue weighted by Gasteiger charge is -2.35. The number of urea groups is 1. The minimum atomic E-state index is -0.161. The van der Waals surface area contributed by atoms with Crippen LogP contribution in [-0.4, -0.2) is 67.3 Å². The van der Waals surface area contributed by atoms with Crippen molar-refractivity contribution in [2.75, 3.05) is 61.5 Å². The van der Waals surface area contributed by atoms with E-state index in [1.807, 2.05) is 0 Å². The Bertz CT molecular complexity index is 866. The third-order valence-electron chi connectivity index (χ3n) is 5.36. The van der Waals surface area contributed by atoms with E-state index in [1.165, 1.54) is 12.8 Å². The van der Waals surface area contributed by atoms with Gasteiger partial charge in [0.05, 0.1) is 12.8 Å². The van der Waals surface area contributed by atoms with E-state index >= 15 is 0 Å². The summed E-state index contributed by atoms with van der Waals surface area (Å²) >= 11 is 6.05. The Balaban J connectivity index is 1.36. The van der Waals surface area contributed by atoms with Gasteiger partial charge in [-0.25, -0.2) is 14.8 Å². The molecule has 9 heteroatoms. The summed E-state index contributed by atoms with van der Waals surface area (Å²) in [6.07, 6.45) is 4.06. The van der Waals surface area contributed by atoms with Gasteiger partial charge in [0.15, 0.2) is 0 Å². The SMILES string of the molecule is COc1ccc(Cl)cc1NC(=O)N1CCN(c2cc(N3CCCC3)ncn2)CC1. The molecule has 2 saturated heterocycles. The van der Waals surface area contributed by atoms with Crippen molar-refractivity contribution in [1.29, 1.82) is 0 Å². The molecule has 0 bridgehead atoms. The number of benzene rings is 1. The largest absolute Gasteiger partial charge is 0.495 e. The molecule has 4 rings (SSSR count). The number of aromatic nitrogens is 2. The number of rotatable bonds is 4. The van der Waals surface area contributed by atoms with Crippen LogP contribution in [0.1, 0.15) is 12.8 Å². The molecule has 1 N–H and O–H groups in total. The third-order valence-corrected chi connectivity index (χ3v) is 5.60. The molecule has 0 saturated carbocycles. The number of anilines is 3. The fourth-order valence-corrected chi connectivity index (χ4v) is 3.91. The Morgan fingerprint density at radius 1 is 1.00 bits per heavy atom. The first-order valence-corrected chi connectivity index (χ1v) is 10.2. The van der Waals surface area contributed by atoms with Crippen molar-refractivity contribution in [3.63, 3.8) is 0 Å². The second-order valence-electron chi connectivity index (χ2n) is 7.18. The first kappa shape index (κ1) is 19.6. The molecule has 2 aliphatic rings. The van der Waals surface area contributed by atoms with Crippen molar-refractivity contribution < 1.29 is 9.53 Å². The monoisotopic (exact) mass is 416 g/mol. The zero-order valence-electron chi connectivity index (χ0n) is 16.5. The van der Waals surface area contributed by atoms with Crippen LogP contribution in [0.25, 0.3) is 0 Å². The number of nitrogens with zero attached hydrogens (tertiary/aromatic N) is 5. The van der Waals surface area contributed by atoms with E-state index in [0.717, 1.165) is 37.8 Å². The van der Waals surface area contributed by atoms with E-state index in [9.17, 15) is 4.79 Å². The van der Waals surface area contributed by atoms with E-state index in [1.54, 1.807) is 36.5 Å². The van der Waals surface area contributed by atoms with Gasteiger partial charge >= 0.3 is 6.03 Å². The van der Waals surface area contributed by atoms with E-state index in [2.05, 4.69) is 31.2 Å². The lowest BCUT2D eigenvalue weighted by Crippen LogP contribution is -2.50. The Hall–Kier alpha value is -2.74. The predicted octanol–water partition coefficient (Wildman–Crippen LogP) is 3.09. The number of carbonyl (C=O) groups excluding carboxylic acids is 1. The Labute approximate surface area is 175 Å². The molecular weight excluding hydrogens is 392 g/mol. The Kier molecular flexibility index (Phi) is 5.89. The molecule has 2 aliphatic heterocycles. The third kappa shape index (κ3) is 4.48. The summed E-state index contributed by atoms with van der Waals surface area (Å²) < 4.78 is 5.30. The predicted molar refractivity (Wildman–Crippen MR) is 114 cm³/mol. The molecule has 2 aromatic rings. The quantitative estimate of drug-likeness (QED) is 0.825. The normalized spacial score (nSPS) is 16.8. The highest BCUT2D eigenvalue weighted by Gasteiger charge is 2.24. The smallest absolute Gasteiger partial charge is 0.322 e. The summed E-state index contributed by atoms with van der Waals surface area (Å²) in [5.74, 6) is 2.48. The minimum Gasteiger partial charge on any atom is -0.495 e. The van der Waals surface area contributed by atoms with Gasteiger partial charge < -0.3 is 24.8 Å². The molecule has 1 aromatic carbocycles. The molecule has 154 valence electrons. The number of halogens is 1. The summed E-state index contributed by atoms with van der Waals surface area (Å²) in [6, 6.07) is 7.05. The number of nitrogens with one attached hydrogen (secondary N) is 1. The summed E-state index contributed by atoms with van der Waals surface area (Å²) in [6.45, 7) is 4.76. The summed E-state index contributed by atoms with van der Waals surface area (Å²) in [5.41, 5.74) is 0.568.